The number of anilines is 2. The van der Waals surface area contributed by atoms with Crippen LogP contribution < -0.4 is 22.3 Å². The number of aromatic amines is 1. The van der Waals surface area contributed by atoms with Crippen molar-refractivity contribution in [2.75, 3.05) is 17.7 Å². The van der Waals surface area contributed by atoms with Gasteiger partial charge in [-0.2, -0.15) is 15.2 Å². The number of halogens is 2. The quantitative estimate of drug-likeness (QED) is 0.189. The Hall–Kier alpha value is -5.13. The van der Waals surface area contributed by atoms with Gasteiger partial charge in [-0.25, -0.2) is 28.6 Å². The maximum atomic E-state index is 14.1. The van der Waals surface area contributed by atoms with Crippen LogP contribution in [0.2, 0.25) is 0 Å². The highest BCUT2D eigenvalue weighted by molar-refractivity contribution is 5.97. The van der Waals surface area contributed by atoms with Crippen molar-refractivity contribution >= 4 is 22.4 Å². The van der Waals surface area contributed by atoms with Crippen LogP contribution in [0.5, 0.6) is 0 Å². The Morgan fingerprint density at radius 3 is 2.57 bits per heavy atom. The van der Waals surface area contributed by atoms with Crippen molar-refractivity contribution in [1.82, 2.24) is 39.5 Å². The van der Waals surface area contributed by atoms with E-state index in [1.165, 1.54) is 36.9 Å². The monoisotopic (exact) mass is 608 g/mol. The van der Waals surface area contributed by atoms with Gasteiger partial charge >= 0.3 is 5.69 Å². The summed E-state index contributed by atoms with van der Waals surface area (Å²) < 4.78 is 35.6. The summed E-state index contributed by atoms with van der Waals surface area (Å²) in [6, 6.07) is 8.14. The minimum absolute atomic E-state index is 0.112. The van der Waals surface area contributed by atoms with Gasteiger partial charge in [-0.3, -0.25) is 14.0 Å². The van der Waals surface area contributed by atoms with E-state index in [2.05, 4.69) is 35.6 Å². The molecule has 0 spiro atoms. The molecule has 5 aromatic rings. The fourth-order valence-corrected chi connectivity index (χ4v) is 5.44. The Bertz CT molecular complexity index is 1950. The Morgan fingerprint density at radius 2 is 1.91 bits per heavy atom. The fraction of sp³-hybridized carbons (Fsp3) is 0.296. The van der Waals surface area contributed by atoms with Crippen molar-refractivity contribution in [1.29, 1.82) is 0 Å². The first-order valence-corrected chi connectivity index (χ1v) is 13.4. The number of ether oxygens (including phenoxy) is 1. The lowest BCUT2D eigenvalue weighted by atomic mass is 9.83. The van der Waals surface area contributed by atoms with Gasteiger partial charge in [-0.1, -0.05) is 12.1 Å². The van der Waals surface area contributed by atoms with Gasteiger partial charge in [0.2, 0.25) is 5.95 Å². The number of rotatable bonds is 4. The van der Waals surface area contributed by atoms with Crippen LogP contribution >= 0.6 is 0 Å². The summed E-state index contributed by atoms with van der Waals surface area (Å²) in [5, 5.41) is 33.3. The van der Waals surface area contributed by atoms with Crippen LogP contribution in [0.15, 0.2) is 58.6 Å². The average Bonchev–Trinajstić information content (AvgIpc) is 3.59. The molecule has 17 heteroatoms. The number of nitrogens with one attached hydrogen (secondary N) is 2. The van der Waals surface area contributed by atoms with Gasteiger partial charge in [-0.05, 0) is 29.8 Å². The first-order chi connectivity index (χ1) is 21.1. The molecule has 2 aromatic carbocycles. The molecular formula is C27H26F2N10O5. The highest BCUT2D eigenvalue weighted by Crippen LogP contribution is 2.45. The number of H-pyrrole nitrogens is 1. The predicted molar refractivity (Wildman–Crippen MR) is 150 cm³/mol. The summed E-state index contributed by atoms with van der Waals surface area (Å²) >= 11 is 0. The first kappa shape index (κ1) is 29.0. The summed E-state index contributed by atoms with van der Waals surface area (Å²) in [7, 11) is 1.76. The molecule has 44 heavy (non-hydrogen) atoms. The van der Waals surface area contributed by atoms with E-state index in [1.54, 1.807) is 23.9 Å². The lowest BCUT2D eigenvalue weighted by molar-refractivity contribution is -0.0462. The maximum absolute atomic E-state index is 14.1. The smallest absolute Gasteiger partial charge is 0.354 e. The second kappa shape index (κ2) is 11.5. The summed E-state index contributed by atoms with van der Waals surface area (Å²) in [4.78, 5) is 35.1. The second-order valence-electron chi connectivity index (χ2n) is 10.2. The minimum atomic E-state index is -0.806. The number of aryl methyl sites for hydroxylation is 1. The highest BCUT2D eigenvalue weighted by Gasteiger charge is 2.38. The molecule has 1 saturated heterocycles. The molecular weight excluding hydrogens is 582 g/mol. The average molecular weight is 609 g/mol. The number of aliphatic hydroxyl groups excluding tert-OH is 2. The van der Waals surface area contributed by atoms with Gasteiger partial charge in [0.15, 0.2) is 0 Å². The van der Waals surface area contributed by atoms with Gasteiger partial charge in [0.1, 0.15) is 42.4 Å². The molecule has 7 rings (SSSR count). The molecule has 15 nitrogen and oxygen atoms in total. The third-order valence-corrected chi connectivity index (χ3v) is 7.51. The normalized spacial score (nSPS) is 22.3. The highest BCUT2D eigenvalue weighted by atomic mass is 19.1. The van der Waals surface area contributed by atoms with Crippen molar-refractivity contribution in [3.63, 3.8) is 0 Å². The van der Waals surface area contributed by atoms with Crippen molar-refractivity contribution in [3.8, 4) is 0 Å². The second-order valence-corrected chi connectivity index (χ2v) is 10.2. The van der Waals surface area contributed by atoms with Crippen molar-refractivity contribution < 1.29 is 23.7 Å². The topological polar surface area (TPSA) is 212 Å². The van der Waals surface area contributed by atoms with Gasteiger partial charge in [0, 0.05) is 24.5 Å². The zero-order valence-electron chi connectivity index (χ0n) is 23.0. The van der Waals surface area contributed by atoms with Crippen LogP contribution in [0.1, 0.15) is 41.7 Å². The molecule has 5 heterocycles. The maximum Gasteiger partial charge on any atom is 0.354 e. The van der Waals surface area contributed by atoms with Gasteiger partial charge in [0.05, 0.1) is 35.8 Å². The molecule has 0 saturated carbocycles. The largest absolute Gasteiger partial charge is 0.394 e. The van der Waals surface area contributed by atoms with E-state index in [0.29, 0.717) is 22.6 Å². The fourth-order valence-electron chi connectivity index (χ4n) is 5.44. The zero-order chi connectivity index (χ0) is 31.1. The number of nitrogens with two attached hydrogens (primary N) is 1. The molecule has 0 amide bonds. The van der Waals surface area contributed by atoms with Gasteiger partial charge in [0.25, 0.3) is 5.56 Å². The first-order valence-electron chi connectivity index (χ1n) is 13.4. The van der Waals surface area contributed by atoms with Crippen LogP contribution in [0, 0.1) is 11.6 Å². The Morgan fingerprint density at radius 1 is 1.14 bits per heavy atom. The zero-order valence-corrected chi connectivity index (χ0v) is 23.0. The number of aromatic nitrogens is 8. The van der Waals surface area contributed by atoms with E-state index in [4.69, 9.17) is 15.6 Å². The summed E-state index contributed by atoms with van der Waals surface area (Å²) in [5.41, 5.74) is 5.95. The van der Waals surface area contributed by atoms with E-state index < -0.39 is 47.5 Å². The number of nitrogens with zero attached hydrogens (tertiary/aromatic N) is 7. The molecule has 0 unspecified atom stereocenters. The lowest BCUT2D eigenvalue weighted by Crippen LogP contribution is -2.30. The van der Waals surface area contributed by atoms with Crippen LogP contribution in [0.3, 0.4) is 0 Å². The standard InChI is InChI=1S/C19H14F2N6O.C8H12N4O4/c1-27-18(22-8-23-27)15-16(9-2-4-10(20)5-3-9)24-13-7-11(21)6-12-14(13)17(15)25-26-19(12)28;9-7-10-3-12(8(15)11-7)6-1-4(14)5(2-13)16-6/h2-8,15-16,24H,1H3,(H,26,28);3-6,13-14H,1-2H2,(H2,9,11,15)/t15-,16-;4-,5+,6+/m10/s1. The molecule has 0 radical (unpaired) electrons. The number of nitrogen functional groups attached to an aromatic ring is 1. The Balaban J connectivity index is 0.000000182. The number of hydrogen-bond acceptors (Lipinski definition) is 12. The van der Waals surface area contributed by atoms with E-state index in [9.17, 15) is 23.5 Å². The summed E-state index contributed by atoms with van der Waals surface area (Å²) in [5.74, 6) is -0.829. The number of aliphatic hydroxyl groups is 2. The third kappa shape index (κ3) is 5.27. The molecule has 3 aromatic heterocycles. The van der Waals surface area contributed by atoms with Crippen molar-refractivity contribution in [3.05, 3.63) is 98.6 Å². The van der Waals surface area contributed by atoms with Crippen molar-refractivity contribution in [2.45, 2.75) is 36.8 Å². The molecule has 1 fully saturated rings. The lowest BCUT2D eigenvalue weighted by Gasteiger charge is -2.33. The van der Waals surface area contributed by atoms with E-state index in [0.717, 1.165) is 10.1 Å². The molecule has 0 aliphatic carbocycles. The molecule has 2 aliphatic rings. The van der Waals surface area contributed by atoms with Gasteiger partial charge < -0.3 is 26.0 Å². The van der Waals surface area contributed by atoms with Gasteiger partial charge in [-0.15, -0.1) is 0 Å². The molecule has 0 bridgehead atoms. The van der Waals surface area contributed by atoms with Crippen LogP contribution in [-0.2, 0) is 11.8 Å². The summed E-state index contributed by atoms with van der Waals surface area (Å²) in [6.07, 6.45) is 0.689. The van der Waals surface area contributed by atoms with Crippen LogP contribution in [-0.4, -0.2) is 68.5 Å². The number of benzene rings is 2. The molecule has 5 atom stereocenters. The molecule has 228 valence electrons. The van der Waals surface area contributed by atoms with Crippen LogP contribution in [0.25, 0.3) is 10.8 Å². The summed E-state index contributed by atoms with van der Waals surface area (Å²) in [6.45, 7) is -0.303. The Kier molecular flexibility index (Phi) is 7.58. The number of hydrogen-bond donors (Lipinski definition) is 5. The Labute approximate surface area is 246 Å². The predicted octanol–water partition coefficient (Wildman–Crippen LogP) is 0.490. The van der Waals surface area contributed by atoms with E-state index in [-0.39, 0.29) is 30.2 Å². The third-order valence-electron chi connectivity index (χ3n) is 7.51. The van der Waals surface area contributed by atoms with E-state index >= 15 is 0 Å². The van der Waals surface area contributed by atoms with Crippen LogP contribution in [0.4, 0.5) is 20.4 Å². The molecule has 6 N–H and O–H groups in total. The molecule has 2 aliphatic heterocycles. The van der Waals surface area contributed by atoms with E-state index in [1.807, 2.05) is 0 Å². The minimum Gasteiger partial charge on any atom is -0.394 e. The van der Waals surface area contributed by atoms with Crippen molar-refractivity contribution in [2.24, 2.45) is 7.05 Å². The SMILES string of the molecule is Cn1ncnc1[C@H]1c2n[nH]c(=O)c3cc(F)cc(c23)N[C@@H]1c1ccc(F)cc1.Nc1ncn([C@H]2C[C@H](O)[C@@H](CO)O2)c(=O)n1.